The molecule has 1 aromatic rings. The van der Waals surface area contributed by atoms with Crippen molar-refractivity contribution in [3.63, 3.8) is 0 Å². The highest BCUT2D eigenvalue weighted by molar-refractivity contribution is 6.30. The lowest BCUT2D eigenvalue weighted by Gasteiger charge is -2.20. The summed E-state index contributed by atoms with van der Waals surface area (Å²) >= 11 is 5.78. The fourth-order valence-electron chi connectivity index (χ4n) is 1.09. The summed E-state index contributed by atoms with van der Waals surface area (Å²) < 4.78 is 0. The van der Waals surface area contributed by atoms with E-state index in [0.29, 0.717) is 17.1 Å². The topological polar surface area (TPSA) is 61.8 Å². The minimum atomic E-state index is -0.313. The van der Waals surface area contributed by atoms with Crippen LogP contribution in [0.15, 0.2) is 18.2 Å². The maximum atomic E-state index is 8.89. The zero-order valence-electron chi connectivity index (χ0n) is 8.84. The van der Waals surface area contributed by atoms with Gasteiger partial charge in [-0.3, -0.25) is 0 Å². The summed E-state index contributed by atoms with van der Waals surface area (Å²) in [5.41, 5.74) is 6.82. The Morgan fingerprint density at radius 2 is 2.20 bits per heavy atom. The van der Waals surface area contributed by atoms with E-state index >= 15 is 0 Å². The Labute approximate surface area is 94.8 Å². The molecule has 0 heterocycles. The van der Waals surface area contributed by atoms with E-state index in [0.717, 1.165) is 5.69 Å². The summed E-state index contributed by atoms with van der Waals surface area (Å²) in [5, 5.41) is 12.6. The summed E-state index contributed by atoms with van der Waals surface area (Å²) in [6, 6.07) is 7.25. The van der Waals surface area contributed by atoms with Gasteiger partial charge >= 0.3 is 0 Å². The van der Waals surface area contributed by atoms with Gasteiger partial charge in [0.1, 0.15) is 6.07 Å². The van der Waals surface area contributed by atoms with Crippen LogP contribution in [0.4, 0.5) is 5.69 Å². The third kappa shape index (κ3) is 3.78. The molecule has 0 amide bonds. The molecular weight excluding hydrogens is 210 g/mol. The highest BCUT2D eigenvalue weighted by Gasteiger charge is 2.11. The number of benzene rings is 1. The van der Waals surface area contributed by atoms with Gasteiger partial charge in [-0.15, -0.1) is 0 Å². The van der Waals surface area contributed by atoms with E-state index in [1.54, 1.807) is 18.2 Å². The van der Waals surface area contributed by atoms with Gasteiger partial charge in [-0.1, -0.05) is 11.6 Å². The molecule has 0 aliphatic heterocycles. The molecule has 0 saturated heterocycles. The maximum Gasteiger partial charge on any atom is 0.101 e. The van der Waals surface area contributed by atoms with E-state index in [-0.39, 0.29) is 5.54 Å². The summed E-state index contributed by atoms with van der Waals surface area (Å²) in [5.74, 6) is 0. The number of rotatable bonds is 3. The molecule has 80 valence electrons. The molecule has 0 spiro atoms. The number of anilines is 1. The van der Waals surface area contributed by atoms with Gasteiger partial charge in [0.2, 0.25) is 0 Å². The first kappa shape index (κ1) is 11.8. The zero-order valence-corrected chi connectivity index (χ0v) is 9.60. The lowest BCUT2D eigenvalue weighted by atomic mass is 10.1. The monoisotopic (exact) mass is 223 g/mol. The standard InChI is InChI=1S/C11H14ClN3/c1-11(2,14)7-15-10-4-3-9(12)5-8(10)6-13/h3-5,15H,7,14H2,1-2H3. The van der Waals surface area contributed by atoms with Crippen LogP contribution in [0, 0.1) is 11.3 Å². The van der Waals surface area contributed by atoms with Gasteiger partial charge in [0.05, 0.1) is 11.3 Å². The molecule has 4 heteroatoms. The molecule has 1 aromatic carbocycles. The average Bonchev–Trinajstić information content (AvgIpc) is 2.14. The van der Waals surface area contributed by atoms with Crippen molar-refractivity contribution in [1.29, 1.82) is 5.26 Å². The van der Waals surface area contributed by atoms with Crippen molar-refractivity contribution in [2.75, 3.05) is 11.9 Å². The third-order valence-corrected chi connectivity index (χ3v) is 2.07. The number of nitriles is 1. The molecule has 15 heavy (non-hydrogen) atoms. The molecule has 3 N–H and O–H groups in total. The van der Waals surface area contributed by atoms with Gasteiger partial charge in [0.15, 0.2) is 0 Å². The molecule has 0 bridgehead atoms. The average molecular weight is 224 g/mol. The van der Waals surface area contributed by atoms with E-state index in [9.17, 15) is 0 Å². The lowest BCUT2D eigenvalue weighted by Crippen LogP contribution is -2.39. The first-order chi connectivity index (χ1) is 6.92. The number of nitrogens with zero attached hydrogens (tertiary/aromatic N) is 1. The second kappa shape index (κ2) is 4.52. The van der Waals surface area contributed by atoms with Gasteiger partial charge in [-0.2, -0.15) is 5.26 Å². The lowest BCUT2D eigenvalue weighted by molar-refractivity contribution is 0.549. The van der Waals surface area contributed by atoms with Crippen LogP contribution in [0.25, 0.3) is 0 Å². The Kier molecular flexibility index (Phi) is 3.57. The molecule has 0 atom stereocenters. The third-order valence-electron chi connectivity index (χ3n) is 1.84. The van der Waals surface area contributed by atoms with Crippen LogP contribution >= 0.6 is 11.6 Å². The predicted molar refractivity (Wildman–Crippen MR) is 62.9 cm³/mol. The summed E-state index contributed by atoms with van der Waals surface area (Å²) in [4.78, 5) is 0. The van der Waals surface area contributed by atoms with Crippen LogP contribution in [-0.4, -0.2) is 12.1 Å². The van der Waals surface area contributed by atoms with Crippen molar-refractivity contribution in [1.82, 2.24) is 0 Å². The molecule has 0 aliphatic rings. The van der Waals surface area contributed by atoms with Crippen LogP contribution in [0.2, 0.25) is 5.02 Å². The molecule has 0 fully saturated rings. The van der Waals surface area contributed by atoms with E-state index in [4.69, 9.17) is 22.6 Å². The van der Waals surface area contributed by atoms with Gasteiger partial charge < -0.3 is 11.1 Å². The smallest absolute Gasteiger partial charge is 0.101 e. The molecular formula is C11H14ClN3. The second-order valence-corrected chi connectivity index (χ2v) is 4.58. The Morgan fingerprint density at radius 3 is 2.73 bits per heavy atom. The normalized spacial score (nSPS) is 10.9. The van der Waals surface area contributed by atoms with Crippen molar-refractivity contribution in [2.24, 2.45) is 5.73 Å². The number of halogens is 1. The predicted octanol–water partition coefficient (Wildman–Crippen LogP) is 2.36. The van der Waals surface area contributed by atoms with Gasteiger partial charge in [0, 0.05) is 17.1 Å². The van der Waals surface area contributed by atoms with Gasteiger partial charge in [-0.25, -0.2) is 0 Å². The minimum Gasteiger partial charge on any atom is -0.382 e. The van der Waals surface area contributed by atoms with Crippen LogP contribution in [0.3, 0.4) is 0 Å². The first-order valence-electron chi connectivity index (χ1n) is 4.65. The number of nitrogens with two attached hydrogens (primary N) is 1. The molecule has 0 radical (unpaired) electrons. The molecule has 0 aliphatic carbocycles. The van der Waals surface area contributed by atoms with Gasteiger partial charge in [-0.05, 0) is 32.0 Å². The fraction of sp³-hybridized carbons (Fsp3) is 0.364. The summed E-state index contributed by atoms with van der Waals surface area (Å²) in [7, 11) is 0. The van der Waals surface area contributed by atoms with E-state index in [1.165, 1.54) is 0 Å². The Hall–Kier alpha value is -1.24. The Balaban J connectivity index is 2.82. The maximum absolute atomic E-state index is 8.89. The zero-order chi connectivity index (χ0) is 11.5. The van der Waals surface area contributed by atoms with Gasteiger partial charge in [0.25, 0.3) is 0 Å². The quantitative estimate of drug-likeness (QED) is 0.827. The number of hydrogen-bond donors (Lipinski definition) is 2. The van der Waals surface area contributed by atoms with Crippen molar-refractivity contribution in [3.05, 3.63) is 28.8 Å². The summed E-state index contributed by atoms with van der Waals surface area (Å²) in [6.07, 6.45) is 0. The van der Waals surface area contributed by atoms with Crippen LogP contribution in [0.1, 0.15) is 19.4 Å². The fourth-order valence-corrected chi connectivity index (χ4v) is 1.26. The molecule has 3 nitrogen and oxygen atoms in total. The molecule has 0 saturated carbocycles. The van der Waals surface area contributed by atoms with Crippen LogP contribution in [-0.2, 0) is 0 Å². The van der Waals surface area contributed by atoms with E-state index < -0.39 is 0 Å². The molecule has 0 unspecified atom stereocenters. The number of nitrogens with one attached hydrogen (secondary N) is 1. The van der Waals surface area contributed by atoms with E-state index in [1.807, 2.05) is 13.8 Å². The van der Waals surface area contributed by atoms with E-state index in [2.05, 4.69) is 11.4 Å². The summed E-state index contributed by atoms with van der Waals surface area (Å²) in [6.45, 7) is 4.44. The Morgan fingerprint density at radius 1 is 1.53 bits per heavy atom. The van der Waals surface area contributed by atoms with Crippen molar-refractivity contribution in [3.8, 4) is 6.07 Å². The van der Waals surface area contributed by atoms with Crippen molar-refractivity contribution >= 4 is 17.3 Å². The largest absolute Gasteiger partial charge is 0.382 e. The molecule has 0 aromatic heterocycles. The van der Waals surface area contributed by atoms with Crippen LogP contribution in [0.5, 0.6) is 0 Å². The van der Waals surface area contributed by atoms with Crippen molar-refractivity contribution in [2.45, 2.75) is 19.4 Å². The number of hydrogen-bond acceptors (Lipinski definition) is 3. The first-order valence-corrected chi connectivity index (χ1v) is 5.02. The molecule has 1 rings (SSSR count). The van der Waals surface area contributed by atoms with Crippen LogP contribution < -0.4 is 11.1 Å². The van der Waals surface area contributed by atoms with Crippen molar-refractivity contribution < 1.29 is 0 Å². The second-order valence-electron chi connectivity index (χ2n) is 4.14. The Bertz CT molecular complexity index is 388. The highest BCUT2D eigenvalue weighted by Crippen LogP contribution is 2.20. The highest BCUT2D eigenvalue weighted by atomic mass is 35.5. The minimum absolute atomic E-state index is 0.313. The SMILES string of the molecule is CC(C)(N)CNc1ccc(Cl)cc1C#N.